The highest BCUT2D eigenvalue weighted by molar-refractivity contribution is 6.10. The molecule has 3 heterocycles. The number of pyridine rings is 1. The highest BCUT2D eigenvalue weighted by Crippen LogP contribution is 2.37. The first-order chi connectivity index (χ1) is 16.0. The minimum Gasteiger partial charge on any atom is -0.339 e. The zero-order valence-electron chi connectivity index (χ0n) is 20.9. The normalized spacial score (nSPS) is 14.5. The van der Waals surface area contributed by atoms with Crippen molar-refractivity contribution in [3.8, 4) is 11.4 Å². The lowest BCUT2D eigenvalue weighted by molar-refractivity contribution is 0.0968. The van der Waals surface area contributed by atoms with E-state index in [1.165, 1.54) is 30.4 Å². The third kappa shape index (κ3) is 3.98. The summed E-state index contributed by atoms with van der Waals surface area (Å²) in [5, 5.41) is 0.651. The highest BCUT2D eigenvalue weighted by atomic mass is 16.2. The quantitative estimate of drug-likeness (QED) is 0.237. The van der Waals surface area contributed by atoms with Gasteiger partial charge in [-0.3, -0.25) is 14.2 Å². The van der Waals surface area contributed by atoms with E-state index in [9.17, 15) is 9.59 Å². The number of rotatable bonds is 10. The average Bonchev–Trinajstić information content (AvgIpc) is 3.37. The maximum Gasteiger partial charge on any atom is 0.268 e. The van der Waals surface area contributed by atoms with E-state index < -0.39 is 0 Å². The number of benzene rings is 1. The van der Waals surface area contributed by atoms with Crippen molar-refractivity contribution in [2.45, 2.75) is 97.9 Å². The Labute approximate surface area is 197 Å². The van der Waals surface area contributed by atoms with Crippen LogP contribution in [0.2, 0.25) is 0 Å². The molecule has 0 saturated heterocycles. The van der Waals surface area contributed by atoms with Gasteiger partial charge < -0.3 is 4.57 Å². The van der Waals surface area contributed by atoms with Crippen LogP contribution in [-0.4, -0.2) is 15.0 Å². The summed E-state index contributed by atoms with van der Waals surface area (Å²) in [7, 11) is 0. The van der Waals surface area contributed by atoms with E-state index in [0.717, 1.165) is 42.6 Å². The summed E-state index contributed by atoms with van der Waals surface area (Å²) in [5.41, 5.74) is 5.31. The standard InChI is InChI=1S/C29H38N2O2/c1-6-10-11-13-19(5)22-17-25-27-26(29(33)31(25)18-22)28(32)23-15-14-21(20(8-3)12-7-2)16-24(23)30(27)9-4/h14-20H,6-13H2,1-5H3. The van der Waals surface area contributed by atoms with E-state index in [1.807, 2.05) is 12.3 Å². The maximum absolute atomic E-state index is 13.5. The number of aryl methyl sites for hydroxylation is 1. The molecule has 0 N–H and O–H groups in total. The molecule has 1 aromatic carbocycles. The molecule has 0 bridgehead atoms. The van der Waals surface area contributed by atoms with Gasteiger partial charge in [-0.15, -0.1) is 0 Å². The Morgan fingerprint density at radius 2 is 1.70 bits per heavy atom. The van der Waals surface area contributed by atoms with Gasteiger partial charge in [-0.2, -0.15) is 0 Å². The summed E-state index contributed by atoms with van der Waals surface area (Å²) in [6.45, 7) is 11.7. The molecule has 4 heteroatoms. The molecular formula is C29H38N2O2. The molecule has 0 saturated carbocycles. The molecule has 0 aliphatic carbocycles. The van der Waals surface area contributed by atoms with Crippen molar-refractivity contribution < 1.29 is 4.79 Å². The molecule has 0 spiro atoms. The van der Waals surface area contributed by atoms with Crippen LogP contribution in [0, 0.1) is 0 Å². The molecule has 0 radical (unpaired) electrons. The number of hydrogen-bond acceptors (Lipinski definition) is 2. The number of carbonyl (C=O) groups is 1. The molecule has 33 heavy (non-hydrogen) atoms. The van der Waals surface area contributed by atoms with Crippen LogP contribution in [0.15, 0.2) is 35.3 Å². The molecule has 0 fully saturated rings. The van der Waals surface area contributed by atoms with Crippen molar-refractivity contribution in [2.75, 3.05) is 0 Å². The molecule has 176 valence electrons. The molecule has 4 rings (SSSR count). The van der Waals surface area contributed by atoms with Gasteiger partial charge in [-0.05, 0) is 67.3 Å². The van der Waals surface area contributed by atoms with Crippen LogP contribution in [0.5, 0.6) is 0 Å². The topological polar surface area (TPSA) is 44.0 Å². The van der Waals surface area contributed by atoms with Crippen LogP contribution in [0.1, 0.15) is 113 Å². The van der Waals surface area contributed by atoms with Crippen molar-refractivity contribution in [1.29, 1.82) is 0 Å². The number of carbonyl (C=O) groups excluding carboxylic acids is 1. The summed E-state index contributed by atoms with van der Waals surface area (Å²) in [6, 6.07) is 8.39. The SMILES string of the molecule is CCCCCC(C)c1cc2n(c1)C(=O)c1c-2n(CC)c2cc(C(CC)CCC)ccc2c1=O. The Kier molecular flexibility index (Phi) is 6.92. The zero-order chi connectivity index (χ0) is 23.7. The predicted molar refractivity (Wildman–Crippen MR) is 138 cm³/mol. The summed E-state index contributed by atoms with van der Waals surface area (Å²) < 4.78 is 3.91. The van der Waals surface area contributed by atoms with Crippen LogP contribution in [0.25, 0.3) is 22.3 Å². The lowest BCUT2D eigenvalue weighted by Crippen LogP contribution is -2.20. The fourth-order valence-electron chi connectivity index (χ4n) is 5.55. The average molecular weight is 447 g/mol. The second kappa shape index (κ2) is 9.70. The van der Waals surface area contributed by atoms with Crippen LogP contribution in [0.3, 0.4) is 0 Å². The Bertz CT molecular complexity index is 1230. The summed E-state index contributed by atoms with van der Waals surface area (Å²) in [6.07, 6.45) is 10.1. The Hall–Kier alpha value is -2.62. The number of hydrogen-bond donors (Lipinski definition) is 0. The minimum absolute atomic E-state index is 0.133. The first-order valence-corrected chi connectivity index (χ1v) is 12.9. The molecule has 1 aliphatic rings. The Morgan fingerprint density at radius 1 is 0.909 bits per heavy atom. The predicted octanol–water partition coefficient (Wildman–Crippen LogP) is 7.47. The van der Waals surface area contributed by atoms with Gasteiger partial charge in [-0.1, -0.05) is 59.4 Å². The van der Waals surface area contributed by atoms with Crippen molar-refractivity contribution in [1.82, 2.24) is 9.13 Å². The lowest BCUT2D eigenvalue weighted by atomic mass is 9.91. The van der Waals surface area contributed by atoms with Crippen molar-refractivity contribution in [3.63, 3.8) is 0 Å². The van der Waals surface area contributed by atoms with E-state index in [4.69, 9.17) is 0 Å². The molecule has 2 unspecified atom stereocenters. The number of nitrogens with zero attached hydrogens (tertiary/aromatic N) is 2. The van der Waals surface area contributed by atoms with Crippen LogP contribution >= 0.6 is 0 Å². The van der Waals surface area contributed by atoms with E-state index >= 15 is 0 Å². The number of aromatic nitrogens is 2. The van der Waals surface area contributed by atoms with Gasteiger partial charge in [0.1, 0.15) is 5.56 Å². The van der Waals surface area contributed by atoms with Crippen LogP contribution < -0.4 is 5.43 Å². The monoisotopic (exact) mass is 446 g/mol. The Morgan fingerprint density at radius 3 is 2.36 bits per heavy atom. The minimum atomic E-state index is -0.178. The summed E-state index contributed by atoms with van der Waals surface area (Å²) in [4.78, 5) is 26.9. The number of unbranched alkanes of at least 4 members (excludes halogenated alkanes) is 2. The van der Waals surface area contributed by atoms with E-state index in [2.05, 4.69) is 57.4 Å². The second-order valence-electron chi connectivity index (χ2n) is 9.70. The molecule has 2 atom stereocenters. The van der Waals surface area contributed by atoms with Gasteiger partial charge in [0.2, 0.25) is 5.43 Å². The van der Waals surface area contributed by atoms with Crippen molar-refractivity contribution in [3.05, 3.63) is 57.4 Å². The van der Waals surface area contributed by atoms with Crippen LogP contribution in [0.4, 0.5) is 0 Å². The fourth-order valence-corrected chi connectivity index (χ4v) is 5.55. The van der Waals surface area contributed by atoms with E-state index in [1.54, 1.807) is 4.57 Å². The maximum atomic E-state index is 13.5. The molecule has 2 aromatic heterocycles. The van der Waals surface area contributed by atoms with Crippen molar-refractivity contribution in [2.24, 2.45) is 0 Å². The van der Waals surface area contributed by atoms with Gasteiger partial charge in [0, 0.05) is 18.1 Å². The van der Waals surface area contributed by atoms with Crippen molar-refractivity contribution >= 4 is 16.8 Å². The van der Waals surface area contributed by atoms with Gasteiger partial charge in [0.25, 0.3) is 5.91 Å². The zero-order valence-corrected chi connectivity index (χ0v) is 20.9. The first kappa shape index (κ1) is 23.5. The van der Waals surface area contributed by atoms with Gasteiger partial charge in [0.15, 0.2) is 0 Å². The summed E-state index contributed by atoms with van der Waals surface area (Å²) >= 11 is 0. The lowest BCUT2D eigenvalue weighted by Gasteiger charge is -2.19. The third-order valence-electron chi connectivity index (χ3n) is 7.53. The van der Waals surface area contributed by atoms with Crippen LogP contribution in [-0.2, 0) is 6.54 Å². The molecule has 4 nitrogen and oxygen atoms in total. The fraction of sp³-hybridized carbons (Fsp3) is 0.517. The third-order valence-corrected chi connectivity index (χ3v) is 7.53. The van der Waals surface area contributed by atoms with Gasteiger partial charge in [0.05, 0.1) is 16.9 Å². The Balaban J connectivity index is 1.87. The largest absolute Gasteiger partial charge is 0.339 e. The van der Waals surface area contributed by atoms with Gasteiger partial charge in [-0.25, -0.2) is 0 Å². The highest BCUT2D eigenvalue weighted by Gasteiger charge is 2.34. The van der Waals surface area contributed by atoms with E-state index in [0.29, 0.717) is 29.3 Å². The van der Waals surface area contributed by atoms with Gasteiger partial charge >= 0.3 is 0 Å². The molecule has 1 aliphatic heterocycles. The second-order valence-corrected chi connectivity index (χ2v) is 9.70. The number of fused-ring (bicyclic) bond motifs is 4. The van der Waals surface area contributed by atoms with E-state index in [-0.39, 0.29) is 11.3 Å². The smallest absolute Gasteiger partial charge is 0.268 e. The molecule has 0 amide bonds. The molecular weight excluding hydrogens is 408 g/mol. The molecule has 3 aromatic rings. The summed E-state index contributed by atoms with van der Waals surface area (Å²) in [5.74, 6) is 0.718. The first-order valence-electron chi connectivity index (χ1n) is 12.9.